The molecule has 0 unspecified atom stereocenters. The minimum absolute atomic E-state index is 0.194. The van der Waals surface area contributed by atoms with Gasteiger partial charge in [-0.3, -0.25) is 14.5 Å². The van der Waals surface area contributed by atoms with E-state index in [1.54, 1.807) is 0 Å². The highest BCUT2D eigenvalue weighted by Gasteiger charge is 2.51. The van der Waals surface area contributed by atoms with Crippen molar-refractivity contribution in [3.63, 3.8) is 0 Å². The SMILES string of the molecule is CN1C(=O)C2(CCN(C(=O)CC3CC3)CC2)C[C@@H]1CCN1CCN(c2ccc(F)cc2)CC1. The molecule has 0 bridgehead atoms. The summed E-state index contributed by atoms with van der Waals surface area (Å²) in [6.07, 6.45) is 6.69. The van der Waals surface area contributed by atoms with Gasteiger partial charge in [0.1, 0.15) is 5.82 Å². The van der Waals surface area contributed by atoms with Crippen LogP contribution in [0.5, 0.6) is 0 Å². The number of rotatable bonds is 6. The van der Waals surface area contributed by atoms with Crippen LogP contribution in [0.1, 0.15) is 44.9 Å². The topological polar surface area (TPSA) is 47.1 Å². The number of amides is 2. The second-order valence-electron chi connectivity index (χ2n) is 10.7. The van der Waals surface area contributed by atoms with E-state index in [9.17, 15) is 14.0 Å². The Kier molecular flexibility index (Phi) is 6.34. The molecule has 33 heavy (non-hydrogen) atoms. The van der Waals surface area contributed by atoms with Crippen molar-refractivity contribution in [1.82, 2.24) is 14.7 Å². The van der Waals surface area contributed by atoms with Gasteiger partial charge in [-0.1, -0.05) is 0 Å². The molecule has 4 fully saturated rings. The summed E-state index contributed by atoms with van der Waals surface area (Å²) >= 11 is 0. The zero-order chi connectivity index (χ0) is 23.0. The van der Waals surface area contributed by atoms with Crippen molar-refractivity contribution in [3.8, 4) is 0 Å². The highest BCUT2D eigenvalue weighted by molar-refractivity contribution is 5.86. The number of benzene rings is 1. The summed E-state index contributed by atoms with van der Waals surface area (Å²) in [5.41, 5.74) is 0.831. The summed E-state index contributed by atoms with van der Waals surface area (Å²) in [4.78, 5) is 34.5. The van der Waals surface area contributed by atoms with Crippen LogP contribution in [0.3, 0.4) is 0 Å². The molecule has 0 radical (unpaired) electrons. The van der Waals surface area contributed by atoms with Crippen molar-refractivity contribution < 1.29 is 14.0 Å². The van der Waals surface area contributed by atoms with E-state index in [1.807, 2.05) is 29.0 Å². The zero-order valence-corrected chi connectivity index (χ0v) is 19.8. The van der Waals surface area contributed by atoms with E-state index in [0.29, 0.717) is 30.2 Å². The number of likely N-dealkylation sites (tertiary alicyclic amines) is 2. The molecular weight excluding hydrogens is 419 g/mol. The van der Waals surface area contributed by atoms with Gasteiger partial charge < -0.3 is 14.7 Å². The smallest absolute Gasteiger partial charge is 0.228 e. The Hall–Kier alpha value is -2.15. The Morgan fingerprint density at radius 1 is 1.03 bits per heavy atom. The maximum atomic E-state index is 13.2. The fraction of sp³-hybridized carbons (Fsp3) is 0.692. The second kappa shape index (κ2) is 9.24. The van der Waals surface area contributed by atoms with Crippen LogP contribution in [0.15, 0.2) is 24.3 Å². The van der Waals surface area contributed by atoms with E-state index < -0.39 is 0 Å². The first-order valence-electron chi connectivity index (χ1n) is 12.7. The fourth-order valence-corrected chi connectivity index (χ4v) is 6.02. The largest absolute Gasteiger partial charge is 0.369 e. The van der Waals surface area contributed by atoms with Crippen LogP contribution in [-0.2, 0) is 9.59 Å². The van der Waals surface area contributed by atoms with Crippen molar-refractivity contribution in [3.05, 3.63) is 30.1 Å². The molecule has 3 heterocycles. The Morgan fingerprint density at radius 3 is 2.33 bits per heavy atom. The van der Waals surface area contributed by atoms with Crippen LogP contribution >= 0.6 is 0 Å². The van der Waals surface area contributed by atoms with Gasteiger partial charge in [0.25, 0.3) is 0 Å². The number of halogens is 1. The third-order valence-corrected chi connectivity index (χ3v) is 8.52. The molecule has 1 aliphatic carbocycles. The summed E-state index contributed by atoms with van der Waals surface area (Å²) < 4.78 is 13.2. The maximum Gasteiger partial charge on any atom is 0.228 e. The van der Waals surface area contributed by atoms with Gasteiger partial charge in [-0.2, -0.15) is 0 Å². The molecule has 7 heteroatoms. The highest BCUT2D eigenvalue weighted by Crippen LogP contribution is 2.45. The predicted octanol–water partition coefficient (Wildman–Crippen LogP) is 2.98. The van der Waals surface area contributed by atoms with Gasteiger partial charge >= 0.3 is 0 Å². The monoisotopic (exact) mass is 456 g/mol. The molecular formula is C26H37FN4O2. The molecule has 1 aromatic carbocycles. The van der Waals surface area contributed by atoms with Crippen molar-refractivity contribution in [2.45, 2.75) is 51.0 Å². The number of carbonyl (C=O) groups is 2. The average Bonchev–Trinajstić information content (AvgIpc) is 3.62. The molecule has 180 valence electrons. The summed E-state index contributed by atoms with van der Waals surface area (Å²) in [7, 11) is 1.97. The summed E-state index contributed by atoms with van der Waals surface area (Å²) in [5, 5.41) is 0. The molecule has 5 rings (SSSR count). The van der Waals surface area contributed by atoms with Gasteiger partial charge in [-0.25, -0.2) is 4.39 Å². The number of hydrogen-bond acceptors (Lipinski definition) is 4. The standard InChI is InChI=1S/C26H37FN4O2/c1-28-23(8-11-29-14-16-30(17-15-29)22-6-4-21(27)5-7-22)19-26(25(28)33)9-12-31(13-10-26)24(32)18-20-2-3-20/h4-7,20,23H,2-3,8-19H2,1H3/t23-/m0/s1. The Morgan fingerprint density at radius 2 is 1.70 bits per heavy atom. The quantitative estimate of drug-likeness (QED) is 0.660. The molecule has 1 aromatic rings. The third kappa shape index (κ3) is 4.88. The predicted molar refractivity (Wildman–Crippen MR) is 126 cm³/mol. The van der Waals surface area contributed by atoms with Crippen LogP contribution in [0.25, 0.3) is 0 Å². The maximum absolute atomic E-state index is 13.2. The van der Waals surface area contributed by atoms with Crippen LogP contribution in [0.4, 0.5) is 10.1 Å². The van der Waals surface area contributed by atoms with Crippen molar-refractivity contribution in [2.24, 2.45) is 11.3 Å². The lowest BCUT2D eigenvalue weighted by molar-refractivity contribution is -0.142. The Labute approximate surface area is 196 Å². The second-order valence-corrected chi connectivity index (χ2v) is 10.7. The number of anilines is 1. The molecule has 3 saturated heterocycles. The van der Waals surface area contributed by atoms with Crippen LogP contribution < -0.4 is 4.90 Å². The third-order valence-electron chi connectivity index (χ3n) is 8.52. The Balaban J connectivity index is 1.08. The summed E-state index contributed by atoms with van der Waals surface area (Å²) in [6.45, 7) is 6.35. The van der Waals surface area contributed by atoms with Gasteiger partial charge in [0, 0.05) is 71.0 Å². The van der Waals surface area contributed by atoms with Crippen LogP contribution in [0, 0.1) is 17.2 Å². The van der Waals surface area contributed by atoms with E-state index >= 15 is 0 Å². The lowest BCUT2D eigenvalue weighted by Gasteiger charge is -2.38. The molecule has 3 aliphatic heterocycles. The van der Waals surface area contributed by atoms with Gasteiger partial charge in [0.05, 0.1) is 5.41 Å². The molecule has 0 aromatic heterocycles. The van der Waals surface area contributed by atoms with Crippen molar-refractivity contribution in [1.29, 1.82) is 0 Å². The summed E-state index contributed by atoms with van der Waals surface area (Å²) in [5.74, 6) is 1.01. The molecule has 1 atom stereocenters. The number of piperazine rings is 1. The normalized spacial score (nSPS) is 25.8. The van der Waals surface area contributed by atoms with E-state index in [1.165, 1.54) is 25.0 Å². The van der Waals surface area contributed by atoms with Crippen molar-refractivity contribution >= 4 is 17.5 Å². The van der Waals surface area contributed by atoms with Gasteiger partial charge in [-0.05, 0) is 68.7 Å². The number of carbonyl (C=O) groups excluding carboxylic acids is 2. The van der Waals surface area contributed by atoms with E-state index in [2.05, 4.69) is 9.80 Å². The number of hydrogen-bond donors (Lipinski definition) is 0. The first-order valence-corrected chi connectivity index (χ1v) is 12.7. The molecule has 0 N–H and O–H groups in total. The highest BCUT2D eigenvalue weighted by atomic mass is 19.1. The van der Waals surface area contributed by atoms with E-state index in [4.69, 9.17) is 0 Å². The van der Waals surface area contributed by atoms with Gasteiger partial charge in [0.15, 0.2) is 0 Å². The van der Waals surface area contributed by atoms with E-state index in [-0.39, 0.29) is 11.2 Å². The summed E-state index contributed by atoms with van der Waals surface area (Å²) in [6, 6.07) is 7.06. The number of nitrogens with zero attached hydrogens (tertiary/aromatic N) is 4. The fourth-order valence-electron chi connectivity index (χ4n) is 6.02. The van der Waals surface area contributed by atoms with Crippen molar-refractivity contribution in [2.75, 3.05) is 57.8 Å². The molecule has 2 amide bonds. The lowest BCUT2D eigenvalue weighted by Crippen LogP contribution is -2.47. The Bertz CT molecular complexity index is 856. The first kappa shape index (κ1) is 22.6. The van der Waals surface area contributed by atoms with E-state index in [0.717, 1.165) is 77.2 Å². The van der Waals surface area contributed by atoms with Crippen LogP contribution in [-0.4, -0.2) is 85.4 Å². The molecule has 4 aliphatic rings. The average molecular weight is 457 g/mol. The first-order chi connectivity index (χ1) is 15.9. The molecule has 1 saturated carbocycles. The van der Waals surface area contributed by atoms with Gasteiger partial charge in [0.2, 0.25) is 11.8 Å². The molecule has 1 spiro atoms. The minimum Gasteiger partial charge on any atom is -0.369 e. The minimum atomic E-state index is -0.253. The lowest BCUT2D eigenvalue weighted by atomic mass is 9.75. The van der Waals surface area contributed by atoms with Crippen LogP contribution in [0.2, 0.25) is 0 Å². The van der Waals surface area contributed by atoms with Gasteiger partial charge in [-0.15, -0.1) is 0 Å². The zero-order valence-electron chi connectivity index (χ0n) is 19.8. The molecule has 6 nitrogen and oxygen atoms in total. The number of piperidine rings is 1.